The lowest BCUT2D eigenvalue weighted by Gasteiger charge is -2.33. The predicted octanol–water partition coefficient (Wildman–Crippen LogP) is 6.24. The summed E-state index contributed by atoms with van der Waals surface area (Å²) in [5.41, 5.74) is 2.72. The minimum atomic E-state index is -1.28. The summed E-state index contributed by atoms with van der Waals surface area (Å²) in [5, 5.41) is 3.26. The summed E-state index contributed by atoms with van der Waals surface area (Å²) in [5.74, 6) is -0.648. The molecule has 174 valence electrons. The van der Waals surface area contributed by atoms with Crippen LogP contribution in [0.5, 0.6) is 0 Å². The number of nitrogens with one attached hydrogen (secondary N) is 1. The second-order valence-electron chi connectivity index (χ2n) is 9.07. The van der Waals surface area contributed by atoms with E-state index in [1.807, 2.05) is 50.2 Å². The Hall–Kier alpha value is -3.03. The molecular formula is C26H23ClFN3O2S. The maximum atomic E-state index is 14.2. The second-order valence-corrected chi connectivity index (χ2v) is 11.4. The average Bonchev–Trinajstić information content (AvgIpc) is 3.21. The van der Waals surface area contributed by atoms with Crippen LogP contribution in [0.2, 0.25) is 5.02 Å². The highest BCUT2D eigenvalue weighted by Crippen LogP contribution is 2.60. The Labute approximate surface area is 206 Å². The van der Waals surface area contributed by atoms with Crippen LogP contribution in [0.15, 0.2) is 72.8 Å². The average molecular weight is 496 g/mol. The molecule has 8 heteroatoms. The molecule has 0 bridgehead atoms. The molecule has 0 radical (unpaired) electrons. The first-order valence-electron chi connectivity index (χ1n) is 10.9. The van der Waals surface area contributed by atoms with E-state index < -0.39 is 21.5 Å². The van der Waals surface area contributed by atoms with E-state index in [0.29, 0.717) is 29.4 Å². The summed E-state index contributed by atoms with van der Waals surface area (Å²) < 4.78 is 13.3. The van der Waals surface area contributed by atoms with Gasteiger partial charge in [-0.25, -0.2) is 9.18 Å². The van der Waals surface area contributed by atoms with Crippen molar-refractivity contribution >= 4 is 46.7 Å². The fraction of sp³-hybridized carbons (Fsp3) is 0.231. The van der Waals surface area contributed by atoms with Crippen molar-refractivity contribution in [3.63, 3.8) is 0 Å². The number of nitrogens with zero attached hydrogens (tertiary/aromatic N) is 2. The fourth-order valence-electron chi connectivity index (χ4n) is 4.66. The Morgan fingerprint density at radius 3 is 2.59 bits per heavy atom. The van der Waals surface area contributed by atoms with Gasteiger partial charge in [-0.2, -0.15) is 0 Å². The van der Waals surface area contributed by atoms with Crippen LogP contribution in [0.4, 0.5) is 20.6 Å². The van der Waals surface area contributed by atoms with Gasteiger partial charge in [0, 0.05) is 27.6 Å². The number of carbonyl (C=O) groups excluding carboxylic acids is 2. The number of hydrogen-bond acceptors (Lipinski definition) is 3. The zero-order chi connectivity index (χ0) is 24.1. The van der Waals surface area contributed by atoms with Gasteiger partial charge in [0.2, 0.25) is 0 Å². The molecule has 1 spiro atoms. The molecule has 1 fully saturated rings. The van der Waals surface area contributed by atoms with Crippen LogP contribution < -0.4 is 10.2 Å². The first-order valence-corrected chi connectivity index (χ1v) is 12.1. The Morgan fingerprint density at radius 1 is 1.09 bits per heavy atom. The van der Waals surface area contributed by atoms with Gasteiger partial charge in [0.25, 0.3) is 5.91 Å². The standard InChI is InChI=1S/C26H23ClFN3O2S/c1-25(2)16-31(24(33)29-20-10-6-9-19(28)14-20)26(34-25)21-13-18(27)11-12-22(21)30(23(26)32)15-17-7-4-3-5-8-17/h3-14H,15-16H2,1-2H3,(H,29,33)/t26-/m0/s1. The van der Waals surface area contributed by atoms with E-state index in [1.165, 1.54) is 30.0 Å². The first-order chi connectivity index (χ1) is 16.2. The Bertz CT molecular complexity index is 1290. The van der Waals surface area contributed by atoms with E-state index in [0.717, 1.165) is 11.3 Å². The molecular weight excluding hydrogens is 473 g/mol. The number of fused-ring (bicyclic) bond motifs is 2. The van der Waals surface area contributed by atoms with Crippen molar-refractivity contribution in [2.75, 3.05) is 16.8 Å². The van der Waals surface area contributed by atoms with Gasteiger partial charge < -0.3 is 10.2 Å². The Balaban J connectivity index is 1.59. The Morgan fingerprint density at radius 2 is 1.85 bits per heavy atom. The third-order valence-electron chi connectivity index (χ3n) is 6.00. The van der Waals surface area contributed by atoms with Crippen LogP contribution in [-0.4, -0.2) is 28.1 Å². The van der Waals surface area contributed by atoms with Crippen LogP contribution in [0.3, 0.4) is 0 Å². The SMILES string of the molecule is CC1(C)CN(C(=O)Nc2cccc(F)c2)[C@@]2(S1)C(=O)N(Cc1ccccc1)c1ccc(Cl)cc12. The van der Waals surface area contributed by atoms with Gasteiger partial charge in [-0.15, -0.1) is 11.8 Å². The molecule has 1 atom stereocenters. The summed E-state index contributed by atoms with van der Waals surface area (Å²) in [6.07, 6.45) is 0. The van der Waals surface area contributed by atoms with Gasteiger partial charge in [-0.05, 0) is 55.8 Å². The van der Waals surface area contributed by atoms with Gasteiger partial charge in [-0.3, -0.25) is 9.69 Å². The number of rotatable bonds is 3. The van der Waals surface area contributed by atoms with E-state index in [-0.39, 0.29) is 5.91 Å². The van der Waals surface area contributed by atoms with Crippen molar-refractivity contribution in [3.05, 3.63) is 94.8 Å². The molecule has 5 nitrogen and oxygen atoms in total. The van der Waals surface area contributed by atoms with Crippen LogP contribution in [0.1, 0.15) is 25.0 Å². The zero-order valence-corrected chi connectivity index (χ0v) is 20.3. The third-order valence-corrected chi connectivity index (χ3v) is 7.82. The van der Waals surface area contributed by atoms with Gasteiger partial charge in [0.1, 0.15) is 5.82 Å². The molecule has 1 N–H and O–H groups in total. The van der Waals surface area contributed by atoms with Crippen molar-refractivity contribution < 1.29 is 14.0 Å². The van der Waals surface area contributed by atoms with Crippen molar-refractivity contribution in [1.29, 1.82) is 0 Å². The fourth-order valence-corrected chi connectivity index (χ4v) is 6.55. The number of anilines is 2. The van der Waals surface area contributed by atoms with Crippen molar-refractivity contribution in [3.8, 4) is 0 Å². The second kappa shape index (κ2) is 8.32. The van der Waals surface area contributed by atoms with Gasteiger partial charge in [-0.1, -0.05) is 48.0 Å². The Kier molecular flexibility index (Phi) is 5.57. The number of thioether (sulfide) groups is 1. The lowest BCUT2D eigenvalue weighted by Crippen LogP contribution is -2.51. The molecule has 0 unspecified atom stereocenters. The molecule has 0 aliphatic carbocycles. The highest BCUT2D eigenvalue weighted by Gasteiger charge is 2.63. The summed E-state index contributed by atoms with van der Waals surface area (Å²) >= 11 is 7.83. The van der Waals surface area contributed by atoms with Crippen LogP contribution >= 0.6 is 23.4 Å². The van der Waals surface area contributed by atoms with E-state index >= 15 is 0 Å². The number of benzene rings is 3. The van der Waals surface area contributed by atoms with Crippen molar-refractivity contribution in [2.24, 2.45) is 0 Å². The topological polar surface area (TPSA) is 52.7 Å². The van der Waals surface area contributed by atoms with E-state index in [1.54, 1.807) is 28.0 Å². The molecule has 1 saturated heterocycles. The molecule has 3 aromatic carbocycles. The number of hydrogen-bond donors (Lipinski definition) is 1. The molecule has 3 aromatic rings. The lowest BCUT2D eigenvalue weighted by atomic mass is 10.0. The van der Waals surface area contributed by atoms with Crippen LogP contribution in [-0.2, 0) is 16.2 Å². The number of halogens is 2. The molecule has 0 saturated carbocycles. The summed E-state index contributed by atoms with van der Waals surface area (Å²) in [7, 11) is 0. The lowest BCUT2D eigenvalue weighted by molar-refractivity contribution is -0.123. The number of urea groups is 1. The molecule has 2 aliphatic heterocycles. The summed E-state index contributed by atoms with van der Waals surface area (Å²) in [6.45, 7) is 4.71. The van der Waals surface area contributed by atoms with E-state index in [2.05, 4.69) is 5.32 Å². The predicted molar refractivity (Wildman–Crippen MR) is 135 cm³/mol. The highest BCUT2D eigenvalue weighted by molar-refractivity contribution is 8.02. The maximum absolute atomic E-state index is 14.2. The minimum Gasteiger partial charge on any atom is -0.308 e. The van der Waals surface area contributed by atoms with Gasteiger partial charge >= 0.3 is 6.03 Å². The maximum Gasteiger partial charge on any atom is 0.323 e. The molecule has 5 rings (SSSR count). The normalized spacial score (nSPS) is 20.6. The van der Waals surface area contributed by atoms with Gasteiger partial charge in [0.05, 0.1) is 12.2 Å². The summed E-state index contributed by atoms with van der Waals surface area (Å²) in [6, 6.07) is 20.3. The van der Waals surface area contributed by atoms with Crippen molar-refractivity contribution in [2.45, 2.75) is 30.0 Å². The zero-order valence-electron chi connectivity index (χ0n) is 18.7. The first kappa shape index (κ1) is 22.7. The molecule has 0 aromatic heterocycles. The number of carbonyl (C=O) groups is 2. The molecule has 2 heterocycles. The van der Waals surface area contributed by atoms with Crippen molar-refractivity contribution in [1.82, 2.24) is 4.90 Å². The minimum absolute atomic E-state index is 0.196. The van der Waals surface area contributed by atoms with E-state index in [9.17, 15) is 14.0 Å². The number of amides is 3. The van der Waals surface area contributed by atoms with Gasteiger partial charge in [0.15, 0.2) is 4.87 Å². The molecule has 34 heavy (non-hydrogen) atoms. The van der Waals surface area contributed by atoms with E-state index in [4.69, 9.17) is 11.6 Å². The molecule has 3 amide bonds. The quantitative estimate of drug-likeness (QED) is 0.468. The molecule has 2 aliphatic rings. The van der Waals surface area contributed by atoms with Crippen LogP contribution in [0, 0.1) is 5.82 Å². The highest BCUT2D eigenvalue weighted by atomic mass is 35.5. The smallest absolute Gasteiger partial charge is 0.308 e. The summed E-state index contributed by atoms with van der Waals surface area (Å²) in [4.78, 5) is 29.7. The van der Waals surface area contributed by atoms with Crippen LogP contribution in [0.25, 0.3) is 0 Å². The third kappa shape index (κ3) is 3.83. The largest absolute Gasteiger partial charge is 0.323 e. The monoisotopic (exact) mass is 495 g/mol.